The van der Waals surface area contributed by atoms with Crippen LogP contribution in [0.1, 0.15) is 66.5 Å². The van der Waals surface area contributed by atoms with Crippen LogP contribution in [0.3, 0.4) is 0 Å². The predicted molar refractivity (Wildman–Crippen MR) is 133 cm³/mol. The molecule has 0 saturated carbocycles. The molecule has 3 heterocycles. The number of anilines is 1. The van der Waals surface area contributed by atoms with E-state index in [1.165, 1.54) is 12.1 Å². The second-order valence-electron chi connectivity index (χ2n) is 10.5. The number of hydrogen-bond donors (Lipinski definition) is 0. The third-order valence-corrected chi connectivity index (χ3v) is 8.26. The Labute approximate surface area is 215 Å². The van der Waals surface area contributed by atoms with Gasteiger partial charge < -0.3 is 19.4 Å². The number of halogens is 3. The van der Waals surface area contributed by atoms with Gasteiger partial charge in [-0.1, -0.05) is 19.1 Å². The smallest absolute Gasteiger partial charge is 0.375 e. The van der Waals surface area contributed by atoms with Crippen LogP contribution >= 0.6 is 0 Å². The van der Waals surface area contributed by atoms with Gasteiger partial charge in [0.25, 0.3) is 0 Å². The van der Waals surface area contributed by atoms with Crippen molar-refractivity contribution in [2.45, 2.75) is 56.3 Å². The summed E-state index contributed by atoms with van der Waals surface area (Å²) < 4.78 is 45.1. The minimum absolute atomic E-state index is 0.0149. The molecule has 2 fully saturated rings. The second kappa shape index (κ2) is 10.2. The van der Waals surface area contributed by atoms with Gasteiger partial charge >= 0.3 is 6.18 Å². The molecule has 1 aromatic carbocycles. The fraction of sp³-hybridized carbons (Fsp3) is 0.593. The van der Waals surface area contributed by atoms with E-state index >= 15 is 0 Å². The average Bonchev–Trinajstić information content (AvgIpc) is 3.46. The summed E-state index contributed by atoms with van der Waals surface area (Å²) in [5.41, 5.74) is 2.03. The first-order valence-electron chi connectivity index (χ1n) is 13.0. The van der Waals surface area contributed by atoms with Crippen LogP contribution in [0.15, 0.2) is 30.6 Å². The molecule has 0 N–H and O–H groups in total. The fourth-order valence-electron chi connectivity index (χ4n) is 6.24. The molecule has 0 unspecified atom stereocenters. The molecule has 3 aliphatic rings. The number of ether oxygens (including phenoxy) is 1. The summed E-state index contributed by atoms with van der Waals surface area (Å²) in [6.45, 7) is 5.39. The van der Waals surface area contributed by atoms with Crippen molar-refractivity contribution < 1.29 is 22.7 Å². The number of carbonyl (C=O) groups excluding carboxylic acids is 1. The first-order valence-corrected chi connectivity index (χ1v) is 13.0. The Kier molecular flexibility index (Phi) is 7.15. The van der Waals surface area contributed by atoms with Crippen molar-refractivity contribution in [3.05, 3.63) is 53.0 Å². The lowest BCUT2D eigenvalue weighted by atomic mass is 9.87. The molecule has 2 aromatic rings. The summed E-state index contributed by atoms with van der Waals surface area (Å²) in [4.78, 5) is 29.2. The highest BCUT2D eigenvalue weighted by Gasteiger charge is 2.40. The quantitative estimate of drug-likeness (QED) is 0.592. The minimum Gasteiger partial charge on any atom is -0.375 e. The van der Waals surface area contributed by atoms with Crippen molar-refractivity contribution in [2.75, 3.05) is 51.8 Å². The van der Waals surface area contributed by atoms with Crippen molar-refractivity contribution in [3.8, 4) is 0 Å². The zero-order valence-electron chi connectivity index (χ0n) is 21.5. The molecule has 2 saturated heterocycles. The molecule has 5 rings (SSSR count). The molecule has 0 spiro atoms. The van der Waals surface area contributed by atoms with Crippen LogP contribution in [0.5, 0.6) is 0 Å². The Morgan fingerprint density at radius 1 is 1.08 bits per heavy atom. The number of benzene rings is 1. The van der Waals surface area contributed by atoms with Crippen molar-refractivity contribution in [2.24, 2.45) is 0 Å². The monoisotopic (exact) mass is 517 g/mol. The SMILES string of the molecule is CO[C@@H]1C[C@@H](C)c2c1ncnc2N1CCN(C(=O)[C@@H](c2ccc(C(F)(F)F)cc2)[C@@H]2CCCN2C)CC1. The van der Waals surface area contributed by atoms with Gasteiger partial charge in [0.05, 0.1) is 17.2 Å². The number of rotatable bonds is 5. The van der Waals surface area contributed by atoms with Gasteiger partial charge in [-0.05, 0) is 56.5 Å². The van der Waals surface area contributed by atoms with Gasteiger partial charge in [0.1, 0.15) is 18.2 Å². The van der Waals surface area contributed by atoms with Crippen LogP contribution in [-0.2, 0) is 15.7 Å². The minimum atomic E-state index is -4.40. The molecule has 2 aliphatic heterocycles. The Hall–Kier alpha value is -2.72. The molecule has 37 heavy (non-hydrogen) atoms. The summed E-state index contributed by atoms with van der Waals surface area (Å²) >= 11 is 0. The van der Waals surface area contributed by atoms with Gasteiger partial charge in [-0.25, -0.2) is 9.97 Å². The second-order valence-corrected chi connectivity index (χ2v) is 10.5. The summed E-state index contributed by atoms with van der Waals surface area (Å²) in [5.74, 6) is 0.697. The van der Waals surface area contributed by atoms with Crippen LogP contribution in [0.25, 0.3) is 0 Å². The topological polar surface area (TPSA) is 61.8 Å². The molecular formula is C27H34F3N5O2. The highest BCUT2D eigenvalue weighted by molar-refractivity contribution is 5.85. The molecule has 0 radical (unpaired) electrons. The number of methoxy groups -OCH3 is 1. The maximum absolute atomic E-state index is 13.9. The van der Waals surface area contributed by atoms with Crippen LogP contribution < -0.4 is 4.90 Å². The molecular weight excluding hydrogens is 483 g/mol. The maximum Gasteiger partial charge on any atom is 0.416 e. The van der Waals surface area contributed by atoms with Crippen LogP contribution in [0, 0.1) is 0 Å². The lowest BCUT2D eigenvalue weighted by molar-refractivity contribution is -0.137. The third-order valence-electron chi connectivity index (χ3n) is 8.26. The Morgan fingerprint density at radius 3 is 2.38 bits per heavy atom. The summed E-state index contributed by atoms with van der Waals surface area (Å²) in [6, 6.07) is 5.11. The number of carbonyl (C=O) groups is 1. The van der Waals surface area contributed by atoms with E-state index in [9.17, 15) is 18.0 Å². The van der Waals surface area contributed by atoms with Gasteiger partial charge in [-0.3, -0.25) is 4.79 Å². The molecule has 0 bridgehead atoms. The molecule has 1 aliphatic carbocycles. The lowest BCUT2D eigenvalue weighted by Crippen LogP contribution is -2.52. The first-order chi connectivity index (χ1) is 17.7. The van der Waals surface area contributed by atoms with E-state index in [2.05, 4.69) is 26.7 Å². The van der Waals surface area contributed by atoms with Crippen molar-refractivity contribution in [1.82, 2.24) is 19.8 Å². The van der Waals surface area contributed by atoms with Gasteiger partial charge in [-0.2, -0.15) is 13.2 Å². The van der Waals surface area contributed by atoms with Crippen molar-refractivity contribution >= 4 is 11.7 Å². The number of likely N-dealkylation sites (N-methyl/N-ethyl adjacent to an activating group) is 1. The van der Waals surface area contributed by atoms with E-state index in [-0.39, 0.29) is 24.0 Å². The number of likely N-dealkylation sites (tertiary alicyclic amines) is 1. The van der Waals surface area contributed by atoms with Crippen molar-refractivity contribution in [1.29, 1.82) is 0 Å². The van der Waals surface area contributed by atoms with E-state index < -0.39 is 17.7 Å². The van der Waals surface area contributed by atoms with Crippen LogP contribution in [0.4, 0.5) is 19.0 Å². The molecule has 4 atom stereocenters. The number of alkyl halides is 3. The number of piperazine rings is 1. The number of fused-ring (bicyclic) bond motifs is 1. The average molecular weight is 518 g/mol. The van der Waals surface area contributed by atoms with Gasteiger partial charge in [0, 0.05) is 44.9 Å². The summed E-state index contributed by atoms with van der Waals surface area (Å²) in [5, 5.41) is 0. The van der Waals surface area contributed by atoms with Gasteiger partial charge in [0.2, 0.25) is 5.91 Å². The standard InChI is InChI=1S/C27H34F3N5O2/c1-17-15-21(37-3)24-22(17)25(32-16-31-24)34-11-13-35(14-12-34)26(36)23(20-5-4-10-33(20)2)18-6-8-19(9-7-18)27(28,29)30/h6-9,16-17,20-21,23H,4-5,10-15H2,1-3H3/t17-,20+,21-,23+/m1/s1. The van der Waals surface area contributed by atoms with Crippen LogP contribution in [0.2, 0.25) is 0 Å². The largest absolute Gasteiger partial charge is 0.416 e. The lowest BCUT2D eigenvalue weighted by Gasteiger charge is -2.39. The Balaban J connectivity index is 1.34. The van der Waals surface area contributed by atoms with E-state index in [1.807, 2.05) is 11.9 Å². The highest BCUT2D eigenvalue weighted by Crippen LogP contribution is 2.44. The predicted octanol–water partition coefficient (Wildman–Crippen LogP) is 4.22. The summed E-state index contributed by atoms with van der Waals surface area (Å²) in [6.07, 6.45) is -0.146. The third kappa shape index (κ3) is 4.93. The maximum atomic E-state index is 13.9. The van der Waals surface area contributed by atoms with E-state index in [0.29, 0.717) is 31.7 Å². The first kappa shape index (κ1) is 25.9. The number of aromatic nitrogens is 2. The van der Waals surface area contributed by atoms with E-state index in [1.54, 1.807) is 13.4 Å². The molecule has 200 valence electrons. The Morgan fingerprint density at radius 2 is 1.78 bits per heavy atom. The zero-order valence-corrected chi connectivity index (χ0v) is 21.5. The van der Waals surface area contributed by atoms with Crippen LogP contribution in [-0.4, -0.2) is 78.6 Å². The van der Waals surface area contributed by atoms with Crippen molar-refractivity contribution in [3.63, 3.8) is 0 Å². The Bertz CT molecular complexity index is 1120. The molecule has 10 heteroatoms. The van der Waals surface area contributed by atoms with Gasteiger partial charge in [0.15, 0.2) is 0 Å². The molecule has 7 nitrogen and oxygen atoms in total. The van der Waals surface area contributed by atoms with E-state index in [0.717, 1.165) is 55.0 Å². The van der Waals surface area contributed by atoms with E-state index in [4.69, 9.17) is 4.74 Å². The molecule has 1 aromatic heterocycles. The number of nitrogens with zero attached hydrogens (tertiary/aromatic N) is 5. The zero-order chi connectivity index (χ0) is 26.3. The highest BCUT2D eigenvalue weighted by atomic mass is 19.4. The molecule has 1 amide bonds. The number of hydrogen-bond acceptors (Lipinski definition) is 6. The number of amides is 1. The normalized spacial score (nSPS) is 25.4. The summed E-state index contributed by atoms with van der Waals surface area (Å²) in [7, 11) is 3.69. The van der Waals surface area contributed by atoms with Gasteiger partial charge in [-0.15, -0.1) is 0 Å². The fourth-order valence-corrected chi connectivity index (χ4v) is 6.24.